The van der Waals surface area contributed by atoms with Crippen LogP contribution in [0.1, 0.15) is 17.8 Å². The molecule has 1 aliphatic heterocycles. The van der Waals surface area contributed by atoms with E-state index >= 15 is 0 Å². The number of carbonyl (C=O) groups is 2. The van der Waals surface area contributed by atoms with Gasteiger partial charge in [-0.15, -0.1) is 23.1 Å². The van der Waals surface area contributed by atoms with E-state index in [1.807, 2.05) is 24.4 Å². The minimum Gasteiger partial charge on any atom is -0.347 e. The Morgan fingerprint density at radius 1 is 1.65 bits per heavy atom. The largest absolute Gasteiger partial charge is 0.347 e. The van der Waals surface area contributed by atoms with E-state index in [9.17, 15) is 9.59 Å². The van der Waals surface area contributed by atoms with Crippen molar-refractivity contribution in [3.63, 3.8) is 0 Å². The van der Waals surface area contributed by atoms with Gasteiger partial charge in [-0.2, -0.15) is 0 Å². The van der Waals surface area contributed by atoms with Gasteiger partial charge in [-0.3, -0.25) is 9.59 Å². The Balaban J connectivity index is 1.83. The molecule has 1 fully saturated rings. The summed E-state index contributed by atoms with van der Waals surface area (Å²) < 4.78 is 0. The van der Waals surface area contributed by atoms with E-state index in [0.717, 1.165) is 4.88 Å². The molecule has 2 rings (SSSR count). The predicted molar refractivity (Wildman–Crippen MR) is 69.9 cm³/mol. The number of amides is 2. The van der Waals surface area contributed by atoms with Gasteiger partial charge in [0.2, 0.25) is 11.8 Å². The van der Waals surface area contributed by atoms with Gasteiger partial charge in [-0.25, -0.2) is 0 Å². The summed E-state index contributed by atoms with van der Waals surface area (Å²) in [5.74, 6) is 1.07. The first-order chi connectivity index (χ1) is 8.16. The third-order valence-electron chi connectivity index (χ3n) is 2.51. The maximum Gasteiger partial charge on any atom is 0.240 e. The van der Waals surface area contributed by atoms with Crippen LogP contribution in [0.25, 0.3) is 0 Å². The molecule has 2 amide bonds. The summed E-state index contributed by atoms with van der Waals surface area (Å²) in [4.78, 5) is 25.8. The van der Waals surface area contributed by atoms with Crippen molar-refractivity contribution >= 4 is 34.9 Å². The number of rotatable bonds is 4. The van der Waals surface area contributed by atoms with Gasteiger partial charge in [-0.05, 0) is 18.4 Å². The van der Waals surface area contributed by atoms with Gasteiger partial charge >= 0.3 is 0 Å². The highest BCUT2D eigenvalue weighted by atomic mass is 32.2. The molecule has 1 saturated heterocycles. The molecule has 1 atom stereocenters. The van der Waals surface area contributed by atoms with Crippen molar-refractivity contribution in [3.05, 3.63) is 22.4 Å². The smallest absolute Gasteiger partial charge is 0.240 e. The van der Waals surface area contributed by atoms with E-state index in [-0.39, 0.29) is 24.4 Å². The highest BCUT2D eigenvalue weighted by Gasteiger charge is 2.23. The lowest BCUT2D eigenvalue weighted by Gasteiger charge is -2.17. The quantitative estimate of drug-likeness (QED) is 0.901. The molecule has 0 aromatic carbocycles. The number of thioether (sulfide) groups is 1. The molecular formula is C11H14N2O2S2. The number of hydrogen-bond acceptors (Lipinski definition) is 4. The summed E-state index contributed by atoms with van der Waals surface area (Å²) in [6.07, 6.45) is 0. The summed E-state index contributed by atoms with van der Waals surface area (Å²) in [6.45, 7) is 2.12. The summed E-state index contributed by atoms with van der Waals surface area (Å²) in [6, 6.07) is 3.96. The zero-order valence-electron chi connectivity index (χ0n) is 9.51. The molecule has 0 aliphatic carbocycles. The third-order valence-corrected chi connectivity index (χ3v) is 4.51. The third kappa shape index (κ3) is 3.23. The molecule has 0 radical (unpaired) electrons. The lowest BCUT2D eigenvalue weighted by Crippen LogP contribution is -2.38. The normalized spacial score (nSPS) is 17.2. The van der Waals surface area contributed by atoms with E-state index < -0.39 is 0 Å². The fourth-order valence-corrected chi connectivity index (χ4v) is 3.25. The van der Waals surface area contributed by atoms with Crippen LogP contribution in [-0.4, -0.2) is 34.9 Å². The van der Waals surface area contributed by atoms with Gasteiger partial charge in [0.25, 0.3) is 0 Å². The molecule has 6 heteroatoms. The molecule has 1 aliphatic rings. The molecule has 0 bridgehead atoms. The van der Waals surface area contributed by atoms with E-state index in [1.165, 1.54) is 0 Å². The van der Waals surface area contributed by atoms with Crippen molar-refractivity contribution in [1.29, 1.82) is 0 Å². The minimum absolute atomic E-state index is 0.00728. The van der Waals surface area contributed by atoms with Gasteiger partial charge in [-0.1, -0.05) is 6.07 Å². The van der Waals surface area contributed by atoms with Crippen molar-refractivity contribution in [2.75, 3.05) is 18.2 Å². The number of nitrogens with zero attached hydrogens (tertiary/aromatic N) is 1. The van der Waals surface area contributed by atoms with Gasteiger partial charge in [0.15, 0.2) is 0 Å². The minimum atomic E-state index is -0.0956. The topological polar surface area (TPSA) is 49.4 Å². The predicted octanol–water partition coefficient (Wildman–Crippen LogP) is 1.46. The molecule has 2 heterocycles. The van der Waals surface area contributed by atoms with Gasteiger partial charge < -0.3 is 10.2 Å². The molecule has 1 unspecified atom stereocenters. The van der Waals surface area contributed by atoms with E-state index in [1.54, 1.807) is 28.0 Å². The van der Waals surface area contributed by atoms with Crippen LogP contribution in [0.4, 0.5) is 0 Å². The fourth-order valence-electron chi connectivity index (χ4n) is 1.61. The lowest BCUT2D eigenvalue weighted by atomic mass is 10.3. The van der Waals surface area contributed by atoms with Crippen LogP contribution >= 0.6 is 23.1 Å². The average Bonchev–Trinajstić information content (AvgIpc) is 2.90. The Morgan fingerprint density at radius 3 is 3.06 bits per heavy atom. The second-order valence-electron chi connectivity index (χ2n) is 3.87. The van der Waals surface area contributed by atoms with Crippen molar-refractivity contribution < 1.29 is 9.59 Å². The standard InChI is InChI=1S/C11H14N2O2S2/c1-8(9-3-2-4-17-9)12-10(14)5-13-7-16-6-11(13)15/h2-4,8H,5-7H2,1H3,(H,12,14). The summed E-state index contributed by atoms with van der Waals surface area (Å²) in [5, 5.41) is 4.88. The molecule has 17 heavy (non-hydrogen) atoms. The second-order valence-corrected chi connectivity index (χ2v) is 5.81. The number of carbonyl (C=O) groups excluding carboxylic acids is 2. The second kappa shape index (κ2) is 5.55. The van der Waals surface area contributed by atoms with Crippen molar-refractivity contribution in [2.45, 2.75) is 13.0 Å². The van der Waals surface area contributed by atoms with E-state index in [0.29, 0.717) is 11.6 Å². The first-order valence-corrected chi connectivity index (χ1v) is 7.38. The maximum atomic E-state index is 11.7. The zero-order chi connectivity index (χ0) is 12.3. The van der Waals surface area contributed by atoms with Crippen LogP contribution in [-0.2, 0) is 9.59 Å². The van der Waals surface area contributed by atoms with Crippen molar-refractivity contribution in [3.8, 4) is 0 Å². The Morgan fingerprint density at radius 2 is 2.47 bits per heavy atom. The maximum absolute atomic E-state index is 11.7. The Bertz CT molecular complexity index is 406. The van der Waals surface area contributed by atoms with E-state index in [4.69, 9.17) is 0 Å². The highest BCUT2D eigenvalue weighted by molar-refractivity contribution is 8.00. The fraction of sp³-hybridized carbons (Fsp3) is 0.455. The van der Waals surface area contributed by atoms with Gasteiger partial charge in [0, 0.05) is 4.88 Å². The molecule has 1 aromatic rings. The number of hydrogen-bond donors (Lipinski definition) is 1. The summed E-state index contributed by atoms with van der Waals surface area (Å²) >= 11 is 3.16. The molecular weight excluding hydrogens is 256 g/mol. The van der Waals surface area contributed by atoms with Crippen LogP contribution in [0.3, 0.4) is 0 Å². The number of thiophene rings is 1. The summed E-state index contributed by atoms with van der Waals surface area (Å²) in [5.41, 5.74) is 0. The molecule has 4 nitrogen and oxygen atoms in total. The average molecular weight is 270 g/mol. The van der Waals surface area contributed by atoms with Crippen LogP contribution in [0.15, 0.2) is 17.5 Å². The van der Waals surface area contributed by atoms with Crippen LogP contribution < -0.4 is 5.32 Å². The molecule has 0 saturated carbocycles. The number of nitrogens with one attached hydrogen (secondary N) is 1. The van der Waals surface area contributed by atoms with Crippen molar-refractivity contribution in [1.82, 2.24) is 10.2 Å². The Labute approximate surface area is 108 Å². The van der Waals surface area contributed by atoms with Crippen molar-refractivity contribution in [2.24, 2.45) is 0 Å². The van der Waals surface area contributed by atoms with Crippen LogP contribution in [0.2, 0.25) is 0 Å². The SMILES string of the molecule is CC(NC(=O)CN1CSCC1=O)c1cccs1. The van der Waals surface area contributed by atoms with Gasteiger partial charge in [0.1, 0.15) is 6.54 Å². The monoisotopic (exact) mass is 270 g/mol. The van der Waals surface area contributed by atoms with Crippen LogP contribution in [0.5, 0.6) is 0 Å². The Hall–Kier alpha value is -1.01. The van der Waals surface area contributed by atoms with Gasteiger partial charge in [0.05, 0.1) is 17.7 Å². The highest BCUT2D eigenvalue weighted by Crippen LogP contribution is 2.18. The molecule has 0 spiro atoms. The Kier molecular flexibility index (Phi) is 4.06. The summed E-state index contributed by atoms with van der Waals surface area (Å²) in [7, 11) is 0. The van der Waals surface area contributed by atoms with Crippen LogP contribution in [0, 0.1) is 0 Å². The zero-order valence-corrected chi connectivity index (χ0v) is 11.1. The lowest BCUT2D eigenvalue weighted by molar-refractivity contribution is -0.132. The molecule has 1 aromatic heterocycles. The first kappa shape index (κ1) is 12.4. The van der Waals surface area contributed by atoms with E-state index in [2.05, 4.69) is 5.32 Å². The first-order valence-electron chi connectivity index (χ1n) is 5.35. The molecule has 1 N–H and O–H groups in total. The molecule has 92 valence electrons.